The average molecular weight is 465 g/mol. The zero-order chi connectivity index (χ0) is 23.6. The Morgan fingerprint density at radius 2 is 1.94 bits per heavy atom. The lowest BCUT2D eigenvalue weighted by Gasteiger charge is -2.51. The summed E-state index contributed by atoms with van der Waals surface area (Å²) in [4.78, 5) is 28.3. The van der Waals surface area contributed by atoms with Gasteiger partial charge in [0, 0.05) is 29.5 Å². The standard InChI is InChI=1S/C25H22FN3O3S/c26-16-8-9-17-15(13-16)14-33-20-6-2-1-5-18(20)22(17)29-21-7-3-4-11-27(21)25(32)23-24(31)19(30)10-12-28(23)29/h1-2,5-6,8-10,12-13,21-22,31H,3-4,7,11,14H2/t21-,22-/m1/s1/i22D. The molecule has 1 saturated heterocycles. The highest BCUT2D eigenvalue weighted by Gasteiger charge is 2.45. The molecule has 8 heteroatoms. The highest BCUT2D eigenvalue weighted by atomic mass is 32.2. The van der Waals surface area contributed by atoms with Crippen LogP contribution in [0.2, 0.25) is 0 Å². The van der Waals surface area contributed by atoms with Crippen LogP contribution in [-0.4, -0.2) is 33.3 Å². The molecule has 1 aromatic heterocycles. The monoisotopic (exact) mass is 464 g/mol. The highest BCUT2D eigenvalue weighted by Crippen LogP contribution is 2.45. The maximum atomic E-state index is 14.3. The Morgan fingerprint density at radius 3 is 2.82 bits per heavy atom. The van der Waals surface area contributed by atoms with Gasteiger partial charge in [-0.05, 0) is 54.2 Å². The Labute approximate surface area is 195 Å². The Bertz CT molecular complexity index is 1400. The molecule has 2 atom stereocenters. The Kier molecular flexibility index (Phi) is 4.46. The number of rotatable bonds is 1. The fourth-order valence-corrected chi connectivity index (χ4v) is 6.13. The minimum absolute atomic E-state index is 0.143. The second kappa shape index (κ2) is 7.66. The topological polar surface area (TPSA) is 65.8 Å². The summed E-state index contributed by atoms with van der Waals surface area (Å²) in [5.74, 6) is -0.924. The number of amides is 1. The molecule has 1 N–H and O–H groups in total. The fraction of sp³-hybridized carbons (Fsp3) is 0.280. The molecule has 0 saturated carbocycles. The van der Waals surface area contributed by atoms with E-state index in [1.54, 1.807) is 27.7 Å². The van der Waals surface area contributed by atoms with Crippen LogP contribution in [-0.2, 0) is 5.75 Å². The van der Waals surface area contributed by atoms with Crippen molar-refractivity contribution in [3.63, 3.8) is 0 Å². The molecule has 0 spiro atoms. The van der Waals surface area contributed by atoms with E-state index in [0.717, 1.165) is 17.7 Å². The van der Waals surface area contributed by atoms with Crippen molar-refractivity contribution in [1.29, 1.82) is 0 Å². The van der Waals surface area contributed by atoms with Crippen LogP contribution in [0.4, 0.5) is 4.39 Å². The van der Waals surface area contributed by atoms with Gasteiger partial charge in [-0.15, -0.1) is 11.8 Å². The van der Waals surface area contributed by atoms with Crippen molar-refractivity contribution in [3.05, 3.63) is 93.2 Å². The number of carbonyl (C=O) groups is 1. The van der Waals surface area contributed by atoms with Gasteiger partial charge in [-0.3, -0.25) is 19.3 Å². The molecule has 3 aromatic rings. The molecule has 0 aliphatic carbocycles. The molecule has 4 heterocycles. The van der Waals surface area contributed by atoms with E-state index in [0.29, 0.717) is 35.4 Å². The molecule has 1 fully saturated rings. The van der Waals surface area contributed by atoms with Gasteiger partial charge in [0.15, 0.2) is 11.4 Å². The van der Waals surface area contributed by atoms with Gasteiger partial charge in [0.05, 0.1) is 7.39 Å². The number of aromatic nitrogens is 1. The van der Waals surface area contributed by atoms with Crippen molar-refractivity contribution in [1.82, 2.24) is 9.58 Å². The van der Waals surface area contributed by atoms with E-state index in [1.165, 1.54) is 29.1 Å². The number of halogens is 1. The fourth-order valence-electron chi connectivity index (χ4n) is 5.09. The molecular weight excluding hydrogens is 441 g/mol. The molecule has 6 rings (SSSR count). The van der Waals surface area contributed by atoms with Gasteiger partial charge in [-0.2, -0.15) is 0 Å². The van der Waals surface area contributed by atoms with Crippen LogP contribution in [0.25, 0.3) is 0 Å². The summed E-state index contributed by atoms with van der Waals surface area (Å²) in [6.45, 7) is 0.464. The third-order valence-electron chi connectivity index (χ3n) is 6.58. The van der Waals surface area contributed by atoms with E-state index >= 15 is 0 Å². The highest BCUT2D eigenvalue weighted by molar-refractivity contribution is 7.98. The lowest BCUT2D eigenvalue weighted by atomic mass is 9.92. The number of carbonyl (C=O) groups excluding carboxylic acids is 1. The molecule has 3 aliphatic heterocycles. The first kappa shape index (κ1) is 19.2. The van der Waals surface area contributed by atoms with Gasteiger partial charge in [-0.1, -0.05) is 24.3 Å². The van der Waals surface area contributed by atoms with Crippen LogP contribution in [0.5, 0.6) is 5.75 Å². The van der Waals surface area contributed by atoms with Gasteiger partial charge in [0.2, 0.25) is 5.43 Å². The molecule has 1 amide bonds. The normalized spacial score (nSPS) is 24.2. The summed E-state index contributed by atoms with van der Waals surface area (Å²) in [5.41, 5.74) is 1.22. The summed E-state index contributed by atoms with van der Waals surface area (Å²) >= 11 is 1.54. The van der Waals surface area contributed by atoms with Crippen LogP contribution < -0.4 is 10.4 Å². The first-order valence-electron chi connectivity index (χ1n) is 11.5. The molecule has 6 nitrogen and oxygen atoms in total. The molecule has 0 bridgehead atoms. The molecule has 3 aliphatic rings. The summed E-state index contributed by atoms with van der Waals surface area (Å²) in [7, 11) is 0. The zero-order valence-electron chi connectivity index (χ0n) is 18.7. The number of benzene rings is 2. The van der Waals surface area contributed by atoms with Gasteiger partial charge in [-0.25, -0.2) is 4.39 Å². The molecule has 0 unspecified atom stereocenters. The van der Waals surface area contributed by atoms with Crippen molar-refractivity contribution in [3.8, 4) is 5.75 Å². The van der Waals surface area contributed by atoms with E-state index < -0.39 is 29.3 Å². The lowest BCUT2D eigenvalue weighted by Crippen LogP contribution is -2.63. The number of hydrogen-bond donors (Lipinski definition) is 1. The number of nitrogens with zero attached hydrogens (tertiary/aromatic N) is 3. The lowest BCUT2D eigenvalue weighted by molar-refractivity contribution is 0.0462. The first-order chi connectivity index (χ1) is 16.4. The van der Waals surface area contributed by atoms with E-state index in [4.69, 9.17) is 0 Å². The molecular formula is C25H22FN3O3S. The smallest absolute Gasteiger partial charge is 0.278 e. The van der Waals surface area contributed by atoms with Crippen LogP contribution >= 0.6 is 11.8 Å². The number of piperidine rings is 1. The van der Waals surface area contributed by atoms with Crippen molar-refractivity contribution in [2.75, 3.05) is 11.6 Å². The van der Waals surface area contributed by atoms with Crippen LogP contribution in [0.15, 0.2) is 64.4 Å². The maximum absolute atomic E-state index is 14.3. The Balaban J connectivity index is 1.71. The minimum atomic E-state index is -1.56. The number of aromatic hydroxyl groups is 1. The van der Waals surface area contributed by atoms with Gasteiger partial charge in [0.25, 0.3) is 5.91 Å². The van der Waals surface area contributed by atoms with Crippen LogP contribution in [0.1, 0.15) is 53.8 Å². The molecule has 2 aromatic carbocycles. The quantitative estimate of drug-likeness (QED) is 0.590. The third kappa shape index (κ3) is 3.08. The molecule has 168 valence electrons. The van der Waals surface area contributed by atoms with Crippen LogP contribution in [0, 0.1) is 5.82 Å². The van der Waals surface area contributed by atoms with Gasteiger partial charge in [0.1, 0.15) is 12.0 Å². The average Bonchev–Trinajstić information content (AvgIpc) is 2.96. The van der Waals surface area contributed by atoms with E-state index in [-0.39, 0.29) is 11.5 Å². The zero-order valence-corrected chi connectivity index (χ0v) is 18.5. The largest absolute Gasteiger partial charge is 0.502 e. The predicted octanol–water partition coefficient (Wildman–Crippen LogP) is 3.99. The summed E-state index contributed by atoms with van der Waals surface area (Å²) in [6.07, 6.45) is 3.29. The summed E-state index contributed by atoms with van der Waals surface area (Å²) in [6, 6.07) is 11.7. The maximum Gasteiger partial charge on any atom is 0.278 e. The Morgan fingerprint density at radius 1 is 1.09 bits per heavy atom. The summed E-state index contributed by atoms with van der Waals surface area (Å²) < 4.78 is 25.9. The summed E-state index contributed by atoms with van der Waals surface area (Å²) in [5, 5.41) is 12.4. The molecule has 33 heavy (non-hydrogen) atoms. The van der Waals surface area contributed by atoms with Crippen LogP contribution in [0.3, 0.4) is 0 Å². The van der Waals surface area contributed by atoms with Gasteiger partial charge < -0.3 is 10.0 Å². The predicted molar refractivity (Wildman–Crippen MR) is 124 cm³/mol. The second-order valence-corrected chi connectivity index (χ2v) is 9.49. The molecule has 0 radical (unpaired) electrons. The SMILES string of the molecule is [2H][C@@]1(N2[C@@H]3CCCCN3C(=O)c3c(O)c(=O)ccn32)c2ccc(F)cc2CSc2ccccc21. The minimum Gasteiger partial charge on any atom is -0.502 e. The number of fused-ring (bicyclic) bond motifs is 4. The number of thioether (sulfide) groups is 1. The van der Waals surface area contributed by atoms with Crippen molar-refractivity contribution >= 4 is 17.7 Å². The van der Waals surface area contributed by atoms with E-state index in [2.05, 4.69) is 0 Å². The van der Waals surface area contributed by atoms with Crippen molar-refractivity contribution in [2.45, 2.75) is 42.1 Å². The first-order valence-corrected chi connectivity index (χ1v) is 12.0. The number of hydrogen-bond acceptors (Lipinski definition) is 5. The Hall–Kier alpha value is -3.26. The second-order valence-electron chi connectivity index (χ2n) is 8.48. The van der Waals surface area contributed by atoms with E-state index in [9.17, 15) is 20.5 Å². The van der Waals surface area contributed by atoms with Crippen molar-refractivity contribution < 1.29 is 15.7 Å². The van der Waals surface area contributed by atoms with Gasteiger partial charge >= 0.3 is 0 Å². The number of pyridine rings is 1. The van der Waals surface area contributed by atoms with E-state index in [1.807, 2.05) is 24.3 Å². The third-order valence-corrected chi connectivity index (χ3v) is 7.70. The van der Waals surface area contributed by atoms with Crippen molar-refractivity contribution in [2.24, 2.45) is 0 Å².